The zero-order valence-corrected chi connectivity index (χ0v) is 19.1. The summed E-state index contributed by atoms with van der Waals surface area (Å²) >= 11 is 0. The molecule has 2 heterocycles. The molecule has 1 aromatic heterocycles. The maximum atomic E-state index is 12.8. The third-order valence-corrected chi connectivity index (χ3v) is 7.68. The number of aromatic nitrogens is 2. The van der Waals surface area contributed by atoms with Crippen LogP contribution in [0.2, 0.25) is 0 Å². The number of hydrogen-bond acceptors (Lipinski definition) is 3. The second-order valence-corrected chi connectivity index (χ2v) is 9.93. The molecule has 1 saturated carbocycles. The SMILES string of the molecule is Nc1ccc(CCC2CCCC(C(=O)N3CCCC3)CC2)cc1-c1nc2c([nH]1)=CCCC=2. The van der Waals surface area contributed by atoms with Gasteiger partial charge >= 0.3 is 0 Å². The van der Waals surface area contributed by atoms with Gasteiger partial charge < -0.3 is 15.6 Å². The zero-order valence-electron chi connectivity index (χ0n) is 19.1. The van der Waals surface area contributed by atoms with E-state index in [0.29, 0.717) is 11.8 Å². The molecule has 5 nitrogen and oxygen atoms in total. The number of benzene rings is 1. The smallest absolute Gasteiger partial charge is 0.225 e. The average molecular weight is 433 g/mol. The molecule has 3 N–H and O–H groups in total. The fraction of sp³-hybridized carbons (Fsp3) is 0.556. The summed E-state index contributed by atoms with van der Waals surface area (Å²) in [6.07, 6.45) is 16.9. The second-order valence-electron chi connectivity index (χ2n) is 9.93. The molecule has 5 rings (SSSR count). The van der Waals surface area contributed by atoms with E-state index < -0.39 is 0 Å². The molecule has 1 saturated heterocycles. The Bertz CT molecular complexity index is 1050. The maximum absolute atomic E-state index is 12.8. The fourth-order valence-corrected chi connectivity index (χ4v) is 5.73. The number of imidazole rings is 1. The molecular formula is C27H36N4O. The van der Waals surface area contributed by atoms with E-state index in [4.69, 9.17) is 10.7 Å². The number of aromatic amines is 1. The number of nitrogen functional groups attached to an aromatic ring is 1. The molecular weight excluding hydrogens is 396 g/mol. The first kappa shape index (κ1) is 21.3. The van der Waals surface area contributed by atoms with Crippen LogP contribution < -0.4 is 16.4 Å². The Morgan fingerprint density at radius 1 is 1.06 bits per heavy atom. The second kappa shape index (κ2) is 9.51. The highest BCUT2D eigenvalue weighted by Gasteiger charge is 2.28. The van der Waals surface area contributed by atoms with E-state index in [0.717, 1.165) is 73.0 Å². The number of aryl methyl sites for hydroxylation is 1. The Morgan fingerprint density at radius 3 is 2.75 bits per heavy atom. The van der Waals surface area contributed by atoms with Gasteiger partial charge in [0.05, 0.1) is 10.7 Å². The number of carbonyl (C=O) groups excluding carboxylic acids is 1. The first-order chi connectivity index (χ1) is 15.7. The van der Waals surface area contributed by atoms with Gasteiger partial charge in [-0.25, -0.2) is 4.98 Å². The lowest BCUT2D eigenvalue weighted by molar-refractivity contribution is -0.134. The molecule has 170 valence electrons. The number of H-pyrrole nitrogens is 1. The van der Waals surface area contributed by atoms with Crippen molar-refractivity contribution >= 4 is 23.7 Å². The number of nitrogens with one attached hydrogen (secondary N) is 1. The molecule has 5 heteroatoms. The van der Waals surface area contributed by atoms with Crippen LogP contribution in [0.15, 0.2) is 18.2 Å². The molecule has 1 aromatic carbocycles. The average Bonchev–Trinajstić information content (AvgIpc) is 3.44. The topological polar surface area (TPSA) is 75.0 Å². The lowest BCUT2D eigenvalue weighted by Crippen LogP contribution is -2.33. The van der Waals surface area contributed by atoms with Crippen LogP contribution >= 0.6 is 0 Å². The number of nitrogens with zero attached hydrogens (tertiary/aromatic N) is 2. The van der Waals surface area contributed by atoms with Crippen LogP contribution in [0.1, 0.15) is 69.8 Å². The van der Waals surface area contributed by atoms with Gasteiger partial charge in [-0.1, -0.05) is 31.1 Å². The Hall–Kier alpha value is -2.56. The van der Waals surface area contributed by atoms with Crippen LogP contribution in [-0.2, 0) is 11.2 Å². The van der Waals surface area contributed by atoms with Gasteiger partial charge in [0.2, 0.25) is 5.91 Å². The Morgan fingerprint density at radius 2 is 1.91 bits per heavy atom. The predicted octanol–water partition coefficient (Wildman–Crippen LogP) is 3.77. The number of hydrogen-bond donors (Lipinski definition) is 2. The predicted molar refractivity (Wildman–Crippen MR) is 130 cm³/mol. The van der Waals surface area contributed by atoms with Crippen molar-refractivity contribution in [1.82, 2.24) is 14.9 Å². The fourth-order valence-electron chi connectivity index (χ4n) is 5.73. The number of anilines is 1. The highest BCUT2D eigenvalue weighted by atomic mass is 16.2. The molecule has 32 heavy (non-hydrogen) atoms. The van der Waals surface area contributed by atoms with Gasteiger partial charge in [-0.2, -0.15) is 0 Å². The third kappa shape index (κ3) is 4.62. The van der Waals surface area contributed by atoms with Gasteiger partial charge in [-0.3, -0.25) is 4.79 Å². The maximum Gasteiger partial charge on any atom is 0.225 e. The summed E-state index contributed by atoms with van der Waals surface area (Å²) in [5.41, 5.74) is 9.43. The minimum atomic E-state index is 0.264. The highest BCUT2D eigenvalue weighted by molar-refractivity contribution is 5.79. The summed E-state index contributed by atoms with van der Waals surface area (Å²) in [6, 6.07) is 6.41. The first-order valence-corrected chi connectivity index (χ1v) is 12.6. The van der Waals surface area contributed by atoms with E-state index in [-0.39, 0.29) is 5.92 Å². The standard InChI is InChI=1S/C27H36N4O/c28-23-15-13-20(18-22(23)26-29-24-8-1-2-9-25(24)30-26)11-10-19-6-5-7-21(14-12-19)27(32)31-16-3-4-17-31/h8-9,13,15,18-19,21H,1-7,10-12,14,16-17,28H2,(H,29,30). The van der Waals surface area contributed by atoms with Gasteiger partial charge in [0.1, 0.15) is 5.82 Å². The van der Waals surface area contributed by atoms with E-state index in [1.165, 1.54) is 44.1 Å². The van der Waals surface area contributed by atoms with Crippen LogP contribution in [0, 0.1) is 11.8 Å². The van der Waals surface area contributed by atoms with Crippen LogP contribution in [0.3, 0.4) is 0 Å². The molecule has 0 spiro atoms. The van der Waals surface area contributed by atoms with Gasteiger partial charge in [-0.05, 0) is 81.4 Å². The molecule has 2 aliphatic carbocycles. The van der Waals surface area contributed by atoms with Crippen LogP contribution in [0.5, 0.6) is 0 Å². The number of fused-ring (bicyclic) bond motifs is 1. The number of amides is 1. The molecule has 2 aromatic rings. The van der Waals surface area contributed by atoms with E-state index in [1.54, 1.807) is 0 Å². The minimum Gasteiger partial charge on any atom is -0.398 e. The lowest BCUT2D eigenvalue weighted by Gasteiger charge is -2.22. The molecule has 2 fully saturated rings. The molecule has 2 atom stereocenters. The van der Waals surface area contributed by atoms with Crippen molar-refractivity contribution in [3.63, 3.8) is 0 Å². The van der Waals surface area contributed by atoms with E-state index >= 15 is 0 Å². The van der Waals surface area contributed by atoms with Crippen LogP contribution in [-0.4, -0.2) is 33.9 Å². The van der Waals surface area contributed by atoms with Crippen molar-refractivity contribution in [2.75, 3.05) is 18.8 Å². The summed E-state index contributed by atoms with van der Waals surface area (Å²) in [5, 5.41) is 2.17. The summed E-state index contributed by atoms with van der Waals surface area (Å²) in [6.45, 7) is 1.96. The molecule has 1 amide bonds. The highest BCUT2D eigenvalue weighted by Crippen LogP contribution is 2.32. The number of nitrogens with two attached hydrogens (primary N) is 1. The zero-order chi connectivity index (χ0) is 21.9. The van der Waals surface area contributed by atoms with Gasteiger partial charge in [0.25, 0.3) is 0 Å². The number of rotatable bonds is 5. The molecule has 0 bridgehead atoms. The van der Waals surface area contributed by atoms with Gasteiger partial charge in [-0.15, -0.1) is 0 Å². The Kier molecular flexibility index (Phi) is 6.33. The third-order valence-electron chi connectivity index (χ3n) is 7.68. The Labute approximate surface area is 190 Å². The van der Waals surface area contributed by atoms with Crippen LogP contribution in [0.25, 0.3) is 23.5 Å². The minimum absolute atomic E-state index is 0.264. The Balaban J connectivity index is 1.21. The largest absolute Gasteiger partial charge is 0.398 e. The molecule has 0 radical (unpaired) electrons. The summed E-state index contributed by atoms with van der Waals surface area (Å²) in [4.78, 5) is 23.2. The lowest BCUT2D eigenvalue weighted by atomic mass is 9.91. The van der Waals surface area contributed by atoms with Crippen molar-refractivity contribution in [1.29, 1.82) is 0 Å². The number of carbonyl (C=O) groups is 1. The molecule has 2 unspecified atom stereocenters. The van der Waals surface area contributed by atoms with E-state index in [2.05, 4.69) is 34.2 Å². The van der Waals surface area contributed by atoms with Crippen molar-refractivity contribution in [2.24, 2.45) is 11.8 Å². The van der Waals surface area contributed by atoms with Crippen molar-refractivity contribution in [3.8, 4) is 11.4 Å². The number of likely N-dealkylation sites (tertiary alicyclic amines) is 1. The first-order valence-electron chi connectivity index (χ1n) is 12.6. The van der Waals surface area contributed by atoms with Crippen molar-refractivity contribution < 1.29 is 4.79 Å². The van der Waals surface area contributed by atoms with Gasteiger partial charge in [0.15, 0.2) is 0 Å². The van der Waals surface area contributed by atoms with Crippen molar-refractivity contribution in [3.05, 3.63) is 34.5 Å². The van der Waals surface area contributed by atoms with Crippen molar-refractivity contribution in [2.45, 2.75) is 70.6 Å². The molecule has 3 aliphatic rings. The summed E-state index contributed by atoms with van der Waals surface area (Å²) in [5.74, 6) is 2.29. The van der Waals surface area contributed by atoms with E-state index in [9.17, 15) is 4.79 Å². The summed E-state index contributed by atoms with van der Waals surface area (Å²) in [7, 11) is 0. The summed E-state index contributed by atoms with van der Waals surface area (Å²) < 4.78 is 0. The quantitative estimate of drug-likeness (QED) is 0.558. The monoisotopic (exact) mass is 432 g/mol. The molecule has 1 aliphatic heterocycles. The van der Waals surface area contributed by atoms with Gasteiger partial charge in [0, 0.05) is 30.3 Å². The van der Waals surface area contributed by atoms with Crippen LogP contribution in [0.4, 0.5) is 5.69 Å². The van der Waals surface area contributed by atoms with E-state index in [1.807, 2.05) is 6.07 Å². The normalized spacial score (nSPS) is 23.2.